The molecule has 0 radical (unpaired) electrons. The SMILES string of the molecule is O=C(NCCCCO)c1cccn2cc(-c3ccc(Cl)cc3)nc12. The first kappa shape index (κ1) is 16.5. The fraction of sp³-hybridized carbons (Fsp3) is 0.222. The molecule has 0 aliphatic rings. The number of hydrogen-bond acceptors (Lipinski definition) is 3. The summed E-state index contributed by atoms with van der Waals surface area (Å²) in [6.07, 6.45) is 5.18. The Bertz CT molecular complexity index is 843. The average Bonchev–Trinajstić information content (AvgIpc) is 3.03. The van der Waals surface area contributed by atoms with E-state index in [1.165, 1.54) is 0 Å². The highest BCUT2D eigenvalue weighted by Crippen LogP contribution is 2.22. The molecule has 0 spiro atoms. The third-order valence-corrected chi connectivity index (χ3v) is 3.99. The van der Waals surface area contributed by atoms with Crippen molar-refractivity contribution in [1.82, 2.24) is 14.7 Å². The molecule has 2 heterocycles. The van der Waals surface area contributed by atoms with E-state index in [9.17, 15) is 4.79 Å². The Kier molecular flexibility index (Phi) is 5.13. The highest BCUT2D eigenvalue weighted by atomic mass is 35.5. The summed E-state index contributed by atoms with van der Waals surface area (Å²) in [5.74, 6) is -0.160. The van der Waals surface area contributed by atoms with Crippen LogP contribution in [0, 0.1) is 0 Å². The predicted octanol–water partition coefficient (Wildman–Crippen LogP) is 3.16. The van der Waals surface area contributed by atoms with E-state index < -0.39 is 0 Å². The van der Waals surface area contributed by atoms with Crippen molar-refractivity contribution < 1.29 is 9.90 Å². The number of imidazole rings is 1. The number of aliphatic hydroxyl groups is 1. The summed E-state index contributed by atoms with van der Waals surface area (Å²) in [6.45, 7) is 0.668. The molecule has 6 heteroatoms. The second-order valence-electron chi connectivity index (χ2n) is 5.47. The highest BCUT2D eigenvalue weighted by Gasteiger charge is 2.13. The minimum Gasteiger partial charge on any atom is -0.396 e. The molecule has 3 rings (SSSR count). The van der Waals surface area contributed by atoms with E-state index >= 15 is 0 Å². The first-order chi connectivity index (χ1) is 11.7. The van der Waals surface area contributed by atoms with Crippen LogP contribution < -0.4 is 5.32 Å². The van der Waals surface area contributed by atoms with Crippen molar-refractivity contribution in [2.75, 3.05) is 13.2 Å². The second-order valence-corrected chi connectivity index (χ2v) is 5.91. The number of aromatic nitrogens is 2. The maximum Gasteiger partial charge on any atom is 0.255 e. The Morgan fingerprint density at radius 3 is 2.75 bits per heavy atom. The van der Waals surface area contributed by atoms with Crippen LogP contribution in [0.3, 0.4) is 0 Å². The van der Waals surface area contributed by atoms with Crippen LogP contribution in [-0.2, 0) is 0 Å². The van der Waals surface area contributed by atoms with Crippen LogP contribution in [0.4, 0.5) is 0 Å². The van der Waals surface area contributed by atoms with Gasteiger partial charge in [0.1, 0.15) is 5.65 Å². The standard InChI is InChI=1S/C18H18ClN3O2/c19-14-7-5-13(6-8-14)16-12-22-10-3-4-15(17(22)21-16)18(24)20-9-1-2-11-23/h3-8,10,12,23H,1-2,9,11H2,(H,20,24). The van der Waals surface area contributed by atoms with Gasteiger partial charge in [0.05, 0.1) is 11.3 Å². The monoisotopic (exact) mass is 343 g/mol. The smallest absolute Gasteiger partial charge is 0.255 e. The molecule has 0 unspecified atom stereocenters. The van der Waals surface area contributed by atoms with Crippen LogP contribution in [-0.4, -0.2) is 33.6 Å². The van der Waals surface area contributed by atoms with Gasteiger partial charge in [-0.25, -0.2) is 4.98 Å². The highest BCUT2D eigenvalue weighted by molar-refractivity contribution is 6.30. The lowest BCUT2D eigenvalue weighted by Gasteiger charge is -2.05. The number of halogens is 1. The molecule has 0 aliphatic heterocycles. The van der Waals surface area contributed by atoms with Gasteiger partial charge in [0.25, 0.3) is 5.91 Å². The fourth-order valence-electron chi connectivity index (χ4n) is 2.48. The number of nitrogens with zero attached hydrogens (tertiary/aromatic N) is 2. The van der Waals surface area contributed by atoms with Gasteiger partial charge >= 0.3 is 0 Å². The zero-order chi connectivity index (χ0) is 16.9. The van der Waals surface area contributed by atoms with E-state index in [4.69, 9.17) is 16.7 Å². The van der Waals surface area contributed by atoms with Crippen molar-refractivity contribution in [3.63, 3.8) is 0 Å². The van der Waals surface area contributed by atoms with Crippen LogP contribution in [0.25, 0.3) is 16.9 Å². The van der Waals surface area contributed by atoms with Crippen molar-refractivity contribution in [3.8, 4) is 11.3 Å². The number of pyridine rings is 1. The molecule has 1 amide bonds. The first-order valence-electron chi connectivity index (χ1n) is 7.82. The number of carbonyl (C=O) groups is 1. The number of carbonyl (C=O) groups excluding carboxylic acids is 1. The third kappa shape index (κ3) is 3.58. The molecule has 2 aromatic heterocycles. The minimum atomic E-state index is -0.160. The molecular weight excluding hydrogens is 326 g/mol. The summed E-state index contributed by atoms with van der Waals surface area (Å²) in [6, 6.07) is 11.0. The number of rotatable bonds is 6. The van der Waals surface area contributed by atoms with Gasteiger partial charge < -0.3 is 14.8 Å². The molecule has 1 aromatic carbocycles. The molecule has 0 atom stereocenters. The number of aliphatic hydroxyl groups excluding tert-OH is 1. The lowest BCUT2D eigenvalue weighted by molar-refractivity contribution is 0.0953. The van der Waals surface area contributed by atoms with E-state index in [2.05, 4.69) is 10.3 Å². The molecule has 0 saturated heterocycles. The van der Waals surface area contributed by atoms with E-state index in [1.807, 2.05) is 47.1 Å². The summed E-state index contributed by atoms with van der Waals surface area (Å²) in [7, 11) is 0. The lowest BCUT2D eigenvalue weighted by Crippen LogP contribution is -2.25. The fourth-order valence-corrected chi connectivity index (χ4v) is 2.61. The van der Waals surface area contributed by atoms with Crippen LogP contribution in [0.1, 0.15) is 23.2 Å². The van der Waals surface area contributed by atoms with Crippen molar-refractivity contribution in [2.24, 2.45) is 0 Å². The number of nitrogens with one attached hydrogen (secondary N) is 1. The molecule has 0 saturated carbocycles. The number of benzene rings is 1. The van der Waals surface area contributed by atoms with Gasteiger partial charge in [0, 0.05) is 36.1 Å². The van der Waals surface area contributed by atoms with Crippen LogP contribution in [0.5, 0.6) is 0 Å². The topological polar surface area (TPSA) is 66.6 Å². The van der Waals surface area contributed by atoms with Crippen LogP contribution in [0.15, 0.2) is 48.8 Å². The molecule has 2 N–H and O–H groups in total. The van der Waals surface area contributed by atoms with E-state index in [0.29, 0.717) is 29.2 Å². The Balaban J connectivity index is 1.87. The lowest BCUT2D eigenvalue weighted by atomic mass is 10.2. The van der Waals surface area contributed by atoms with Crippen molar-refractivity contribution in [2.45, 2.75) is 12.8 Å². The van der Waals surface area contributed by atoms with E-state index in [0.717, 1.165) is 17.7 Å². The molecule has 3 aromatic rings. The molecule has 0 fully saturated rings. The third-order valence-electron chi connectivity index (χ3n) is 3.74. The zero-order valence-corrected chi connectivity index (χ0v) is 13.8. The van der Waals surface area contributed by atoms with Crippen molar-refractivity contribution >= 4 is 23.2 Å². The second kappa shape index (κ2) is 7.47. The number of hydrogen-bond donors (Lipinski definition) is 2. The zero-order valence-electron chi connectivity index (χ0n) is 13.1. The number of unbranched alkanes of at least 4 members (excludes halogenated alkanes) is 1. The first-order valence-corrected chi connectivity index (χ1v) is 8.19. The molecule has 0 bridgehead atoms. The minimum absolute atomic E-state index is 0.135. The molecule has 124 valence electrons. The summed E-state index contributed by atoms with van der Waals surface area (Å²) < 4.78 is 1.84. The quantitative estimate of drug-likeness (QED) is 0.676. The van der Waals surface area contributed by atoms with E-state index in [1.54, 1.807) is 6.07 Å². The Labute approximate surface area is 144 Å². The summed E-state index contributed by atoms with van der Waals surface area (Å²) >= 11 is 5.92. The average molecular weight is 344 g/mol. The van der Waals surface area contributed by atoms with Gasteiger partial charge in [-0.1, -0.05) is 23.7 Å². The van der Waals surface area contributed by atoms with Crippen LogP contribution >= 0.6 is 11.6 Å². The summed E-state index contributed by atoms with van der Waals surface area (Å²) in [5.41, 5.74) is 2.87. The van der Waals surface area contributed by atoms with Gasteiger partial charge in [-0.2, -0.15) is 0 Å². The Hall–Kier alpha value is -2.37. The summed E-state index contributed by atoms with van der Waals surface area (Å²) in [4.78, 5) is 17.0. The Morgan fingerprint density at radius 1 is 1.21 bits per heavy atom. The maximum absolute atomic E-state index is 12.4. The molecule has 0 aliphatic carbocycles. The van der Waals surface area contributed by atoms with Gasteiger partial charge in [0.2, 0.25) is 0 Å². The Morgan fingerprint density at radius 2 is 2.00 bits per heavy atom. The van der Waals surface area contributed by atoms with Crippen molar-refractivity contribution in [1.29, 1.82) is 0 Å². The molecule has 5 nitrogen and oxygen atoms in total. The van der Waals surface area contributed by atoms with Crippen molar-refractivity contribution in [3.05, 3.63) is 59.4 Å². The molecule has 24 heavy (non-hydrogen) atoms. The van der Waals surface area contributed by atoms with Gasteiger partial charge in [-0.15, -0.1) is 0 Å². The van der Waals surface area contributed by atoms with Gasteiger partial charge in [-0.3, -0.25) is 4.79 Å². The maximum atomic E-state index is 12.4. The van der Waals surface area contributed by atoms with Crippen LogP contribution in [0.2, 0.25) is 5.02 Å². The normalized spacial score (nSPS) is 10.9. The largest absolute Gasteiger partial charge is 0.396 e. The number of amides is 1. The number of fused-ring (bicyclic) bond motifs is 1. The van der Waals surface area contributed by atoms with Gasteiger partial charge in [-0.05, 0) is 37.1 Å². The van der Waals surface area contributed by atoms with Gasteiger partial charge in [0.15, 0.2) is 0 Å². The molecular formula is C18H18ClN3O2. The predicted molar refractivity (Wildman–Crippen MR) is 94.3 cm³/mol. The summed E-state index contributed by atoms with van der Waals surface area (Å²) in [5, 5.41) is 12.3. The van der Waals surface area contributed by atoms with E-state index in [-0.39, 0.29) is 12.5 Å².